The summed E-state index contributed by atoms with van der Waals surface area (Å²) in [4.78, 5) is 21.6. The van der Waals surface area contributed by atoms with E-state index >= 15 is 0 Å². The highest BCUT2D eigenvalue weighted by atomic mass is 31.0. The second-order valence-corrected chi connectivity index (χ2v) is 6.03. The van der Waals surface area contributed by atoms with E-state index in [1.807, 2.05) is 45.0 Å². The van der Waals surface area contributed by atoms with Crippen LogP contribution in [0.15, 0.2) is 39.2 Å². The van der Waals surface area contributed by atoms with E-state index in [9.17, 15) is 9.59 Å². The minimum atomic E-state index is 0.0738. The first kappa shape index (κ1) is 21.8. The van der Waals surface area contributed by atoms with Crippen molar-refractivity contribution in [2.45, 2.75) is 33.6 Å². The lowest BCUT2D eigenvalue weighted by Gasteiger charge is -1.90. The maximum absolute atomic E-state index is 11.0. The predicted molar refractivity (Wildman–Crippen MR) is 109 cm³/mol. The van der Waals surface area contributed by atoms with Gasteiger partial charge in [-0.2, -0.15) is 0 Å². The van der Waals surface area contributed by atoms with Crippen LogP contribution in [0.25, 0.3) is 11.0 Å². The van der Waals surface area contributed by atoms with Gasteiger partial charge in [0.15, 0.2) is 23.6 Å². The van der Waals surface area contributed by atoms with Crippen LogP contribution in [0, 0.1) is 6.92 Å². The fraction of sp³-hybridized carbons (Fsp3) is 0.300. The third kappa shape index (κ3) is 5.38. The van der Waals surface area contributed by atoms with Gasteiger partial charge in [0.1, 0.15) is 11.3 Å². The molecule has 0 radical (unpaired) electrons. The highest BCUT2D eigenvalue weighted by Crippen LogP contribution is 2.23. The molecule has 3 aromatic rings. The van der Waals surface area contributed by atoms with Crippen molar-refractivity contribution in [1.29, 1.82) is 0 Å². The van der Waals surface area contributed by atoms with E-state index in [2.05, 4.69) is 15.0 Å². The maximum Gasteiger partial charge on any atom is 0.197 e. The zero-order chi connectivity index (χ0) is 19.7. The van der Waals surface area contributed by atoms with E-state index in [4.69, 9.17) is 8.83 Å². The largest absolute Gasteiger partial charge is 0.458 e. The molecule has 1 unspecified atom stereocenters. The van der Waals surface area contributed by atoms with Gasteiger partial charge >= 0.3 is 0 Å². The smallest absolute Gasteiger partial charge is 0.197 e. The molecule has 2 aromatic heterocycles. The number of ketones is 1. The molecule has 140 valence electrons. The summed E-state index contributed by atoms with van der Waals surface area (Å²) in [6, 6.07) is 9.43. The predicted octanol–water partition coefficient (Wildman–Crippen LogP) is 4.06. The molecule has 0 spiro atoms. The third-order valence-corrected chi connectivity index (χ3v) is 4.07. The lowest BCUT2D eigenvalue weighted by Crippen LogP contribution is -1.92. The van der Waals surface area contributed by atoms with Crippen LogP contribution in [-0.4, -0.2) is 19.1 Å². The third-order valence-electron chi connectivity index (χ3n) is 3.71. The Morgan fingerprint density at radius 2 is 1.85 bits per heavy atom. The van der Waals surface area contributed by atoms with Gasteiger partial charge in [-0.1, -0.05) is 26.0 Å². The number of Topliss-reactive ketones (excluding diaryl/α,β-unsaturated/α-hetero) is 1. The molecule has 0 bridgehead atoms. The van der Waals surface area contributed by atoms with Gasteiger partial charge in [-0.3, -0.25) is 9.59 Å². The Morgan fingerprint density at radius 1 is 1.15 bits per heavy atom. The van der Waals surface area contributed by atoms with E-state index < -0.39 is 0 Å². The number of benzene rings is 1. The zero-order valence-electron chi connectivity index (χ0n) is 15.7. The molecule has 0 saturated heterocycles. The van der Waals surface area contributed by atoms with Crippen LogP contribution in [-0.2, 0) is 6.42 Å². The van der Waals surface area contributed by atoms with Gasteiger partial charge in [-0.15, -0.1) is 9.24 Å². The second kappa shape index (κ2) is 10.7. The minimum Gasteiger partial charge on any atom is -0.458 e. The molecule has 5 nitrogen and oxygen atoms in total. The van der Waals surface area contributed by atoms with Gasteiger partial charge in [-0.05, 0) is 37.5 Å². The van der Waals surface area contributed by atoms with Crippen molar-refractivity contribution >= 4 is 37.6 Å². The molecule has 26 heavy (non-hydrogen) atoms. The Hall–Kier alpha value is -2.23. The van der Waals surface area contributed by atoms with Crippen LogP contribution < -0.4 is 11.0 Å². The topological polar surface area (TPSA) is 86.4 Å². The molecular weight excluding hydrogens is 349 g/mol. The fourth-order valence-corrected chi connectivity index (χ4v) is 2.51. The Balaban J connectivity index is 0.000000241. The highest BCUT2D eigenvalue weighted by molar-refractivity contribution is 7.27. The number of carbonyl (C=O) groups is 2. The summed E-state index contributed by atoms with van der Waals surface area (Å²) in [7, 11) is 4.09. The normalized spacial score (nSPS) is 9.77. The molecule has 6 heteroatoms. The molecule has 2 N–H and O–H groups in total. The van der Waals surface area contributed by atoms with E-state index in [1.165, 1.54) is 7.05 Å². The van der Waals surface area contributed by atoms with Crippen LogP contribution >= 0.6 is 9.24 Å². The Labute approximate surface area is 156 Å². The summed E-state index contributed by atoms with van der Waals surface area (Å²) in [6.07, 6.45) is 2.10. The van der Waals surface area contributed by atoms with Crippen LogP contribution in [0.1, 0.15) is 52.7 Å². The first-order valence-electron chi connectivity index (χ1n) is 8.43. The first-order valence-corrected chi connectivity index (χ1v) is 9.01. The van der Waals surface area contributed by atoms with Crippen LogP contribution in [0.4, 0.5) is 0 Å². The van der Waals surface area contributed by atoms with Crippen LogP contribution in [0.3, 0.4) is 0 Å². The molecule has 0 aliphatic rings. The number of aryl methyl sites for hydroxylation is 2. The van der Waals surface area contributed by atoms with E-state index in [1.54, 1.807) is 6.07 Å². The van der Waals surface area contributed by atoms with Crippen molar-refractivity contribution in [1.82, 2.24) is 0 Å². The molecule has 0 aliphatic heterocycles. The van der Waals surface area contributed by atoms with Gasteiger partial charge < -0.3 is 14.6 Å². The second-order valence-electron chi connectivity index (χ2n) is 5.36. The molecule has 1 atom stereocenters. The summed E-state index contributed by atoms with van der Waals surface area (Å²) in [5.74, 6) is 1.86. The van der Waals surface area contributed by atoms with Crippen molar-refractivity contribution in [3.63, 3.8) is 0 Å². The van der Waals surface area contributed by atoms with Crippen molar-refractivity contribution in [3.05, 3.63) is 53.2 Å². The molecular formula is C20H26NO4P. The number of rotatable bonds is 4. The molecule has 0 aliphatic carbocycles. The lowest BCUT2D eigenvalue weighted by molar-refractivity contribution is 0.0959. The van der Waals surface area contributed by atoms with E-state index in [0.29, 0.717) is 17.9 Å². The minimum absolute atomic E-state index is 0.0738. The van der Waals surface area contributed by atoms with Gasteiger partial charge in [0.2, 0.25) is 0 Å². The van der Waals surface area contributed by atoms with Gasteiger partial charge in [-0.25, -0.2) is 0 Å². The van der Waals surface area contributed by atoms with Crippen molar-refractivity contribution < 1.29 is 18.4 Å². The van der Waals surface area contributed by atoms with E-state index in [0.717, 1.165) is 40.3 Å². The van der Waals surface area contributed by atoms with Crippen molar-refractivity contribution in [2.24, 2.45) is 5.73 Å². The molecule has 0 saturated carbocycles. The highest BCUT2D eigenvalue weighted by Gasteiger charge is 2.08. The van der Waals surface area contributed by atoms with Crippen LogP contribution in [0.2, 0.25) is 0 Å². The fourth-order valence-electron chi connectivity index (χ4n) is 2.27. The Bertz CT molecular complexity index is 864. The monoisotopic (exact) mass is 375 g/mol. The van der Waals surface area contributed by atoms with Crippen molar-refractivity contribution in [3.8, 4) is 0 Å². The number of nitrogens with two attached hydrogens (primary N) is 1. The molecule has 0 fully saturated rings. The number of hydrogen-bond donors (Lipinski definition) is 1. The quantitative estimate of drug-likeness (QED) is 0.422. The van der Waals surface area contributed by atoms with Gasteiger partial charge in [0.05, 0.1) is 0 Å². The summed E-state index contributed by atoms with van der Waals surface area (Å²) in [5.41, 5.74) is 6.18. The number of carbonyl (C=O) groups excluding carboxylic acids is 2. The summed E-state index contributed by atoms with van der Waals surface area (Å²) in [5, 5.41) is 2.06. The first-order chi connectivity index (χ1) is 12.5. The average molecular weight is 375 g/mol. The number of furan rings is 2. The van der Waals surface area contributed by atoms with Gasteiger partial charge in [0, 0.05) is 23.8 Å². The maximum atomic E-state index is 11.0. The van der Waals surface area contributed by atoms with Crippen molar-refractivity contribution in [2.75, 3.05) is 7.05 Å². The van der Waals surface area contributed by atoms with Gasteiger partial charge in [0.25, 0.3) is 0 Å². The Kier molecular flexibility index (Phi) is 8.97. The molecule has 3 rings (SSSR count). The summed E-state index contributed by atoms with van der Waals surface area (Å²) >= 11 is 0. The standard InChI is InChI=1S/C10H9O2P.C9H12O2.CH5N/c1-6-8-3-2-7(13)4-9(8)12-10(6)5-11;1-3-7-5-6-9(11-7)8(10)4-2;1-2/h2-5H,13H2,1H3;5-6H,3-4H2,1-2H3;2H2,1H3. The Morgan fingerprint density at radius 3 is 2.38 bits per heavy atom. The number of hydrogen-bond acceptors (Lipinski definition) is 5. The summed E-state index contributed by atoms with van der Waals surface area (Å²) < 4.78 is 10.6. The number of fused-ring (bicyclic) bond motifs is 1. The SMILES string of the molecule is CCC(=O)c1ccc(CC)o1.CN.Cc1c(C=O)oc2cc(P)ccc12. The average Bonchev–Trinajstić information content (AvgIpc) is 3.27. The zero-order valence-corrected chi connectivity index (χ0v) is 16.8. The van der Waals surface area contributed by atoms with E-state index in [-0.39, 0.29) is 5.78 Å². The summed E-state index contributed by atoms with van der Waals surface area (Å²) in [6.45, 7) is 5.72. The molecule has 2 heterocycles. The molecule has 1 aromatic carbocycles. The number of aldehydes is 1. The lowest BCUT2D eigenvalue weighted by atomic mass is 10.1. The van der Waals surface area contributed by atoms with Crippen LogP contribution in [0.5, 0.6) is 0 Å². The molecule has 0 amide bonds.